The van der Waals surface area contributed by atoms with E-state index >= 15 is 0 Å². The molecule has 3 saturated heterocycles. The quantitative estimate of drug-likeness (QED) is 0.360. The van der Waals surface area contributed by atoms with Gasteiger partial charge in [-0.3, -0.25) is 14.4 Å². The molecular weight excluding hydrogens is 550 g/mol. The van der Waals surface area contributed by atoms with Gasteiger partial charge in [-0.15, -0.1) is 24.9 Å². The maximum absolute atomic E-state index is 14.6. The van der Waals surface area contributed by atoms with Crippen molar-refractivity contribution in [2.75, 3.05) is 31.2 Å². The summed E-state index contributed by atoms with van der Waals surface area (Å²) in [5.41, 5.74) is 0.721. The number of benzene rings is 1. The minimum atomic E-state index is -0.717. The van der Waals surface area contributed by atoms with Crippen molar-refractivity contribution in [3.63, 3.8) is 0 Å². The second-order valence-electron chi connectivity index (χ2n) is 12.1. The molecule has 3 heterocycles. The van der Waals surface area contributed by atoms with Gasteiger partial charge in [0.05, 0.1) is 35.8 Å². The third-order valence-electron chi connectivity index (χ3n) is 9.66. The van der Waals surface area contributed by atoms with Crippen LogP contribution in [0.3, 0.4) is 0 Å². The molecule has 2 unspecified atom stereocenters. The SMILES string of the molecule is C=CCN(C(=O)[C@@H]1[C@H]2C(=O)N([C@H](C)CO)C(C(=O)N(CC=C)C3CCCCC3)C23CC[C@H]1S3)c1ccc(OCC)cc1. The van der Waals surface area contributed by atoms with Gasteiger partial charge in [-0.25, -0.2) is 0 Å². The van der Waals surface area contributed by atoms with Gasteiger partial charge in [0.1, 0.15) is 11.8 Å². The van der Waals surface area contributed by atoms with Crippen LogP contribution in [-0.2, 0) is 14.4 Å². The molecule has 1 N–H and O–H groups in total. The molecule has 228 valence electrons. The number of hydrogen-bond donors (Lipinski definition) is 1. The highest BCUT2D eigenvalue weighted by atomic mass is 32.2. The van der Waals surface area contributed by atoms with Crippen molar-refractivity contribution in [2.45, 2.75) is 86.9 Å². The van der Waals surface area contributed by atoms with Crippen LogP contribution in [0.5, 0.6) is 5.75 Å². The Bertz CT molecular complexity index is 1180. The fraction of sp³-hybridized carbons (Fsp3) is 0.606. The number of thioether (sulfide) groups is 1. The van der Waals surface area contributed by atoms with E-state index in [1.54, 1.807) is 40.6 Å². The largest absolute Gasteiger partial charge is 0.494 e. The van der Waals surface area contributed by atoms with Crippen LogP contribution in [0.1, 0.15) is 58.8 Å². The minimum Gasteiger partial charge on any atom is -0.494 e. The van der Waals surface area contributed by atoms with E-state index < -0.39 is 28.7 Å². The number of aliphatic hydroxyl groups excluding tert-OH is 1. The Morgan fingerprint density at radius 2 is 1.81 bits per heavy atom. The Balaban J connectivity index is 1.51. The molecule has 1 saturated carbocycles. The molecule has 1 aromatic rings. The molecule has 42 heavy (non-hydrogen) atoms. The molecule has 1 aliphatic carbocycles. The number of aliphatic hydroxyl groups is 1. The van der Waals surface area contributed by atoms with Crippen molar-refractivity contribution in [3.8, 4) is 5.75 Å². The van der Waals surface area contributed by atoms with Crippen molar-refractivity contribution in [1.82, 2.24) is 9.80 Å². The number of likely N-dealkylation sites (tertiary alicyclic amines) is 1. The topological polar surface area (TPSA) is 90.4 Å². The van der Waals surface area contributed by atoms with Gasteiger partial charge >= 0.3 is 0 Å². The summed E-state index contributed by atoms with van der Waals surface area (Å²) in [6.45, 7) is 12.6. The standard InChI is InChI=1S/C33H45N3O5S/c1-5-19-34(24-13-15-25(16-14-24)41-7-3)30(38)27-26-17-18-33(42-26)28(27)31(39)36(22(4)21-37)29(33)32(40)35(20-6-2)23-11-9-8-10-12-23/h5-6,13-16,22-23,26-29,37H,1-2,7-12,17-21H2,3-4H3/t22-,26-,27+,28+,29?,33?/m1/s1. The zero-order valence-electron chi connectivity index (χ0n) is 25.0. The highest BCUT2D eigenvalue weighted by Gasteiger charge is 2.74. The Kier molecular flexibility index (Phi) is 9.38. The Hall–Kier alpha value is -2.78. The smallest absolute Gasteiger partial charge is 0.247 e. The van der Waals surface area contributed by atoms with Gasteiger partial charge < -0.3 is 24.5 Å². The fourth-order valence-corrected chi connectivity index (χ4v) is 10.0. The monoisotopic (exact) mass is 595 g/mol. The lowest BCUT2D eigenvalue weighted by molar-refractivity contribution is -0.146. The van der Waals surface area contributed by atoms with Gasteiger partial charge in [0.25, 0.3) is 0 Å². The molecule has 2 bridgehead atoms. The highest BCUT2D eigenvalue weighted by molar-refractivity contribution is 8.02. The van der Waals surface area contributed by atoms with E-state index in [0.717, 1.165) is 43.5 Å². The summed E-state index contributed by atoms with van der Waals surface area (Å²) in [7, 11) is 0. The Morgan fingerprint density at radius 1 is 1.12 bits per heavy atom. The van der Waals surface area contributed by atoms with Crippen LogP contribution in [0.2, 0.25) is 0 Å². The molecule has 4 aliphatic rings. The molecule has 6 atom stereocenters. The van der Waals surface area contributed by atoms with Gasteiger partial charge in [-0.2, -0.15) is 0 Å². The lowest BCUT2D eigenvalue weighted by atomic mass is 9.70. The fourth-order valence-electron chi connectivity index (χ4n) is 7.84. The van der Waals surface area contributed by atoms with Crippen LogP contribution >= 0.6 is 11.8 Å². The summed E-state index contributed by atoms with van der Waals surface area (Å²) in [6.07, 6.45) is 10.2. The summed E-state index contributed by atoms with van der Waals surface area (Å²) in [4.78, 5) is 48.7. The first-order chi connectivity index (χ1) is 20.3. The zero-order chi connectivity index (χ0) is 30.0. The van der Waals surface area contributed by atoms with E-state index in [1.807, 2.05) is 36.1 Å². The summed E-state index contributed by atoms with van der Waals surface area (Å²) < 4.78 is 4.89. The summed E-state index contributed by atoms with van der Waals surface area (Å²) in [5.74, 6) is -0.815. The number of ether oxygens (including phenoxy) is 1. The first-order valence-corrected chi connectivity index (χ1v) is 16.4. The maximum atomic E-state index is 14.6. The summed E-state index contributed by atoms with van der Waals surface area (Å²) >= 11 is 1.67. The van der Waals surface area contributed by atoms with E-state index in [-0.39, 0.29) is 35.6 Å². The number of rotatable bonds is 12. The second-order valence-corrected chi connectivity index (χ2v) is 13.7. The Morgan fingerprint density at radius 3 is 2.43 bits per heavy atom. The molecule has 5 rings (SSSR count). The lowest BCUT2D eigenvalue weighted by Gasteiger charge is -2.42. The number of nitrogens with zero attached hydrogens (tertiary/aromatic N) is 3. The van der Waals surface area contributed by atoms with E-state index in [0.29, 0.717) is 26.1 Å². The molecule has 8 nitrogen and oxygen atoms in total. The van der Waals surface area contributed by atoms with Gasteiger partial charge in [-0.05, 0) is 63.8 Å². The number of amides is 3. The van der Waals surface area contributed by atoms with Crippen LogP contribution in [0.25, 0.3) is 0 Å². The van der Waals surface area contributed by atoms with Crippen LogP contribution < -0.4 is 9.64 Å². The van der Waals surface area contributed by atoms with Crippen LogP contribution in [-0.4, -0.2) is 87.1 Å². The van der Waals surface area contributed by atoms with Crippen molar-refractivity contribution >= 4 is 35.2 Å². The molecule has 0 aromatic heterocycles. The van der Waals surface area contributed by atoms with Gasteiger partial charge in [0.15, 0.2) is 0 Å². The van der Waals surface area contributed by atoms with Crippen molar-refractivity contribution in [1.29, 1.82) is 0 Å². The van der Waals surface area contributed by atoms with Crippen molar-refractivity contribution in [3.05, 3.63) is 49.6 Å². The van der Waals surface area contributed by atoms with E-state index in [4.69, 9.17) is 4.74 Å². The molecular formula is C33H45N3O5S. The number of hydrogen-bond acceptors (Lipinski definition) is 6. The van der Waals surface area contributed by atoms with Crippen molar-refractivity contribution < 1.29 is 24.2 Å². The first kappa shape index (κ1) is 30.7. The van der Waals surface area contributed by atoms with E-state index in [2.05, 4.69) is 13.2 Å². The predicted molar refractivity (Wildman–Crippen MR) is 166 cm³/mol. The minimum absolute atomic E-state index is 0.0501. The first-order valence-electron chi connectivity index (χ1n) is 15.5. The molecule has 4 fully saturated rings. The molecule has 1 spiro atoms. The molecule has 3 aliphatic heterocycles. The average Bonchev–Trinajstić information content (AvgIpc) is 3.66. The normalized spacial score (nSPS) is 29.2. The highest BCUT2D eigenvalue weighted by Crippen LogP contribution is 2.67. The van der Waals surface area contributed by atoms with Crippen LogP contribution in [0.15, 0.2) is 49.6 Å². The zero-order valence-corrected chi connectivity index (χ0v) is 25.8. The lowest BCUT2D eigenvalue weighted by Crippen LogP contribution is -2.59. The average molecular weight is 596 g/mol. The molecule has 1 aromatic carbocycles. The number of carbonyl (C=O) groups is 3. The number of anilines is 1. The summed E-state index contributed by atoms with van der Waals surface area (Å²) in [6, 6.07) is 6.28. The van der Waals surface area contributed by atoms with Gasteiger partial charge in [0.2, 0.25) is 17.7 Å². The number of fused-ring (bicyclic) bond motifs is 1. The molecule has 9 heteroatoms. The number of carbonyl (C=O) groups excluding carboxylic acids is 3. The van der Waals surface area contributed by atoms with Gasteiger partial charge in [-0.1, -0.05) is 31.4 Å². The van der Waals surface area contributed by atoms with E-state index in [9.17, 15) is 19.5 Å². The summed E-state index contributed by atoms with van der Waals surface area (Å²) in [5, 5.41) is 10.2. The maximum Gasteiger partial charge on any atom is 0.247 e. The second kappa shape index (κ2) is 12.8. The third-order valence-corrected chi connectivity index (χ3v) is 11.6. The van der Waals surface area contributed by atoms with Crippen molar-refractivity contribution in [2.24, 2.45) is 11.8 Å². The molecule has 0 radical (unpaired) electrons. The van der Waals surface area contributed by atoms with Gasteiger partial charge in [0, 0.05) is 30.1 Å². The van der Waals surface area contributed by atoms with E-state index in [1.165, 1.54) is 6.42 Å². The van der Waals surface area contributed by atoms with Crippen LogP contribution in [0.4, 0.5) is 5.69 Å². The predicted octanol–water partition coefficient (Wildman–Crippen LogP) is 4.42. The van der Waals surface area contributed by atoms with Crippen LogP contribution in [0, 0.1) is 11.8 Å². The Labute approximate surface area is 254 Å². The molecule has 3 amide bonds. The third kappa shape index (κ3) is 5.17.